The first kappa shape index (κ1) is 13.3. The first-order valence-electron chi connectivity index (χ1n) is 5.50. The molecule has 3 nitrogen and oxygen atoms in total. The summed E-state index contributed by atoms with van der Waals surface area (Å²) >= 11 is 2.11. The normalized spacial score (nSPS) is 10.7. The third kappa shape index (κ3) is 3.00. The maximum absolute atomic E-state index is 13.1. The van der Waals surface area contributed by atoms with E-state index in [4.69, 9.17) is 0 Å². The Morgan fingerprint density at radius 3 is 2.89 bits per heavy atom. The number of hydrogen-bond acceptors (Lipinski definition) is 2. The summed E-state index contributed by atoms with van der Waals surface area (Å²) in [4.78, 5) is 2.01. The molecule has 2 aromatic rings. The average molecular weight is 357 g/mol. The van der Waals surface area contributed by atoms with Gasteiger partial charge < -0.3 is 0 Å². The number of rotatable bonds is 2. The number of benzene rings is 1. The molecule has 0 radical (unpaired) electrons. The zero-order valence-corrected chi connectivity index (χ0v) is 12.4. The summed E-state index contributed by atoms with van der Waals surface area (Å²) in [6.45, 7) is 1.25. The summed E-state index contributed by atoms with van der Waals surface area (Å²) < 4.78 is 15.8. The minimum atomic E-state index is -0.237. The van der Waals surface area contributed by atoms with Crippen molar-refractivity contribution in [3.8, 4) is 11.8 Å². The molecule has 18 heavy (non-hydrogen) atoms. The van der Waals surface area contributed by atoms with Crippen molar-refractivity contribution in [3.05, 3.63) is 27.7 Å². The van der Waals surface area contributed by atoms with E-state index in [1.54, 1.807) is 10.7 Å². The van der Waals surface area contributed by atoms with Crippen LogP contribution in [0, 0.1) is 21.4 Å². The lowest BCUT2D eigenvalue weighted by molar-refractivity contribution is 0.463. The van der Waals surface area contributed by atoms with E-state index in [-0.39, 0.29) is 5.82 Å². The van der Waals surface area contributed by atoms with Crippen LogP contribution in [0.1, 0.15) is 0 Å². The van der Waals surface area contributed by atoms with Crippen molar-refractivity contribution < 1.29 is 4.39 Å². The van der Waals surface area contributed by atoms with Crippen LogP contribution in [0.3, 0.4) is 0 Å². The van der Waals surface area contributed by atoms with E-state index in [9.17, 15) is 4.39 Å². The highest BCUT2D eigenvalue weighted by molar-refractivity contribution is 14.1. The van der Waals surface area contributed by atoms with Gasteiger partial charge in [-0.3, -0.25) is 9.58 Å². The number of nitrogens with zero attached hydrogens (tertiary/aromatic N) is 3. The molecule has 0 fully saturated rings. The van der Waals surface area contributed by atoms with Gasteiger partial charge in [0.05, 0.1) is 12.1 Å². The molecule has 1 aromatic heterocycles. The number of aromatic nitrogens is 2. The van der Waals surface area contributed by atoms with Crippen molar-refractivity contribution in [3.63, 3.8) is 0 Å². The van der Waals surface area contributed by atoms with Crippen molar-refractivity contribution >= 4 is 33.5 Å². The Hall–Kier alpha value is -1.13. The maximum Gasteiger partial charge on any atom is 0.131 e. The monoisotopic (exact) mass is 357 g/mol. The molecule has 0 N–H and O–H groups in total. The second-order valence-corrected chi connectivity index (χ2v) is 5.22. The van der Waals surface area contributed by atoms with Gasteiger partial charge in [-0.1, -0.05) is 11.8 Å². The summed E-state index contributed by atoms with van der Waals surface area (Å²) in [5, 5.41) is 5.21. The zero-order chi connectivity index (χ0) is 13.1. The quantitative estimate of drug-likeness (QED) is 0.608. The summed E-state index contributed by atoms with van der Waals surface area (Å²) in [5.74, 6) is 5.88. The Labute approximate surface area is 119 Å². The average Bonchev–Trinajstić information content (AvgIpc) is 2.61. The Morgan fingerprint density at radius 1 is 1.39 bits per heavy atom. The van der Waals surface area contributed by atoms with E-state index >= 15 is 0 Å². The van der Waals surface area contributed by atoms with Crippen LogP contribution in [0.5, 0.6) is 0 Å². The maximum atomic E-state index is 13.1. The van der Waals surface area contributed by atoms with Crippen LogP contribution in [0.2, 0.25) is 0 Å². The third-order valence-corrected chi connectivity index (χ3v) is 3.21. The van der Waals surface area contributed by atoms with Crippen LogP contribution in [0.15, 0.2) is 18.2 Å². The molecular weight excluding hydrogens is 344 g/mol. The molecule has 1 aromatic carbocycles. The van der Waals surface area contributed by atoms with E-state index in [0.29, 0.717) is 6.54 Å². The van der Waals surface area contributed by atoms with Gasteiger partial charge in [0.2, 0.25) is 0 Å². The Kier molecular flexibility index (Phi) is 4.19. The van der Waals surface area contributed by atoms with Gasteiger partial charge >= 0.3 is 0 Å². The van der Waals surface area contributed by atoms with Crippen molar-refractivity contribution in [2.75, 3.05) is 20.6 Å². The standard InChI is InChI=1S/C13H13FIN3/c1-17(2)7-3-4-8-18-12-6-5-10(14)9-11(12)13(15)16-18/h5-6,9H,7-8H2,1-2H3. The Morgan fingerprint density at radius 2 is 2.17 bits per heavy atom. The van der Waals surface area contributed by atoms with Crippen LogP contribution in [0.4, 0.5) is 4.39 Å². The lowest BCUT2D eigenvalue weighted by Gasteiger charge is -2.01. The molecule has 0 saturated carbocycles. The van der Waals surface area contributed by atoms with Gasteiger partial charge in [0.25, 0.3) is 0 Å². The van der Waals surface area contributed by atoms with E-state index in [0.717, 1.165) is 21.1 Å². The highest BCUT2D eigenvalue weighted by Crippen LogP contribution is 2.20. The molecule has 0 bridgehead atoms. The minimum absolute atomic E-state index is 0.237. The molecular formula is C13H13FIN3. The number of hydrogen-bond donors (Lipinski definition) is 0. The first-order chi connectivity index (χ1) is 8.58. The van der Waals surface area contributed by atoms with E-state index in [1.807, 2.05) is 19.0 Å². The third-order valence-electron chi connectivity index (χ3n) is 2.42. The smallest absolute Gasteiger partial charge is 0.131 e. The van der Waals surface area contributed by atoms with Crippen LogP contribution >= 0.6 is 22.6 Å². The molecule has 0 saturated heterocycles. The minimum Gasteiger partial charge on any atom is -0.299 e. The predicted octanol–water partition coefficient (Wildman–Crippen LogP) is 2.35. The largest absolute Gasteiger partial charge is 0.299 e. The molecule has 2 rings (SSSR count). The molecule has 94 valence electrons. The summed E-state index contributed by atoms with van der Waals surface area (Å²) in [7, 11) is 3.95. The Bertz CT molecular complexity index is 622. The van der Waals surface area contributed by atoms with Crippen molar-refractivity contribution in [2.24, 2.45) is 0 Å². The van der Waals surface area contributed by atoms with Gasteiger partial charge in [-0.25, -0.2) is 4.39 Å². The highest BCUT2D eigenvalue weighted by atomic mass is 127. The van der Waals surface area contributed by atoms with E-state index < -0.39 is 0 Å². The predicted molar refractivity (Wildman–Crippen MR) is 78.7 cm³/mol. The molecule has 1 heterocycles. The lowest BCUT2D eigenvalue weighted by atomic mass is 10.2. The van der Waals surface area contributed by atoms with E-state index in [2.05, 4.69) is 39.5 Å². The fourth-order valence-corrected chi connectivity index (χ4v) is 2.27. The zero-order valence-electron chi connectivity index (χ0n) is 10.2. The fraction of sp³-hybridized carbons (Fsp3) is 0.308. The number of halogens is 2. The van der Waals surface area contributed by atoms with E-state index in [1.165, 1.54) is 12.1 Å². The molecule has 5 heteroatoms. The van der Waals surface area contributed by atoms with Crippen LogP contribution < -0.4 is 0 Å². The van der Waals surface area contributed by atoms with Gasteiger partial charge in [0.1, 0.15) is 16.1 Å². The molecule has 0 atom stereocenters. The van der Waals surface area contributed by atoms with Crippen molar-refractivity contribution in [2.45, 2.75) is 6.54 Å². The molecule has 0 aliphatic heterocycles. The van der Waals surface area contributed by atoms with Gasteiger partial charge in [0.15, 0.2) is 0 Å². The van der Waals surface area contributed by atoms with Crippen LogP contribution in [0.25, 0.3) is 10.9 Å². The summed E-state index contributed by atoms with van der Waals surface area (Å²) in [5.41, 5.74) is 0.917. The van der Waals surface area contributed by atoms with Crippen molar-refractivity contribution in [1.29, 1.82) is 0 Å². The van der Waals surface area contributed by atoms with Crippen molar-refractivity contribution in [1.82, 2.24) is 14.7 Å². The second kappa shape index (κ2) is 5.67. The van der Waals surface area contributed by atoms with Gasteiger partial charge in [-0.2, -0.15) is 5.10 Å². The fourth-order valence-electron chi connectivity index (χ4n) is 1.58. The molecule has 0 unspecified atom stereocenters. The SMILES string of the molecule is CN(C)CC#CCn1nc(I)c2cc(F)ccc21. The Balaban J connectivity index is 2.26. The molecule has 0 aliphatic carbocycles. The summed E-state index contributed by atoms with van der Waals surface area (Å²) in [6.07, 6.45) is 0. The highest BCUT2D eigenvalue weighted by Gasteiger charge is 2.07. The van der Waals surface area contributed by atoms with Gasteiger partial charge in [0, 0.05) is 5.39 Å². The van der Waals surface area contributed by atoms with Gasteiger partial charge in [-0.15, -0.1) is 0 Å². The topological polar surface area (TPSA) is 21.1 Å². The summed E-state index contributed by atoms with van der Waals surface area (Å²) in [6, 6.07) is 4.70. The number of fused-ring (bicyclic) bond motifs is 1. The second-order valence-electron chi connectivity index (χ2n) is 4.20. The lowest BCUT2D eigenvalue weighted by Crippen LogP contribution is -2.11. The van der Waals surface area contributed by atoms with Gasteiger partial charge in [-0.05, 0) is 54.9 Å². The van der Waals surface area contributed by atoms with Crippen LogP contribution in [-0.4, -0.2) is 35.3 Å². The molecule has 0 aliphatic rings. The molecule has 0 amide bonds. The van der Waals surface area contributed by atoms with Crippen LogP contribution in [-0.2, 0) is 6.54 Å². The first-order valence-corrected chi connectivity index (χ1v) is 6.58. The molecule has 0 spiro atoms.